The number of aliphatic imine (C=N–C) groups is 1. The zero-order chi connectivity index (χ0) is 8.39. The van der Waals surface area contributed by atoms with Crippen molar-refractivity contribution in [2.75, 3.05) is 13.6 Å². The Labute approximate surface area is 70.5 Å². The standard InChI is InChI=1S/C7H11N5/c1-12-4-2-3-6(12)10-7-8-5-9-11-7/h5H,2-4H2,1H3,(H,8,9,11)/b10-6+. The highest BCUT2D eigenvalue weighted by Crippen LogP contribution is 2.12. The molecule has 0 aliphatic carbocycles. The molecule has 1 N–H and O–H groups in total. The summed E-state index contributed by atoms with van der Waals surface area (Å²) >= 11 is 0. The highest BCUT2D eigenvalue weighted by atomic mass is 15.3. The van der Waals surface area contributed by atoms with E-state index in [0.717, 1.165) is 18.8 Å². The van der Waals surface area contributed by atoms with Crippen molar-refractivity contribution >= 4 is 11.8 Å². The Balaban J connectivity index is 2.18. The van der Waals surface area contributed by atoms with Crippen LogP contribution in [0.25, 0.3) is 0 Å². The van der Waals surface area contributed by atoms with Crippen molar-refractivity contribution in [3.8, 4) is 0 Å². The van der Waals surface area contributed by atoms with E-state index in [1.165, 1.54) is 12.7 Å². The van der Waals surface area contributed by atoms with E-state index in [1.54, 1.807) is 0 Å². The van der Waals surface area contributed by atoms with Crippen molar-refractivity contribution < 1.29 is 0 Å². The minimum Gasteiger partial charge on any atom is -0.363 e. The van der Waals surface area contributed by atoms with Crippen LogP contribution in [0.3, 0.4) is 0 Å². The molecule has 64 valence electrons. The van der Waals surface area contributed by atoms with Gasteiger partial charge in [-0.05, 0) is 6.42 Å². The lowest BCUT2D eigenvalue weighted by Gasteiger charge is -2.09. The number of hydrogen-bond acceptors (Lipinski definition) is 3. The molecule has 0 bridgehead atoms. The third-order valence-corrected chi connectivity index (χ3v) is 1.97. The molecular weight excluding hydrogens is 154 g/mol. The summed E-state index contributed by atoms with van der Waals surface area (Å²) in [6, 6.07) is 0. The normalized spacial score (nSPS) is 20.8. The molecule has 0 aromatic carbocycles. The van der Waals surface area contributed by atoms with Gasteiger partial charge in [-0.25, -0.2) is 5.10 Å². The fourth-order valence-corrected chi connectivity index (χ4v) is 1.31. The van der Waals surface area contributed by atoms with E-state index in [-0.39, 0.29) is 0 Å². The zero-order valence-corrected chi connectivity index (χ0v) is 6.99. The summed E-state index contributed by atoms with van der Waals surface area (Å²) in [6.07, 6.45) is 3.69. The molecule has 2 rings (SSSR count). The molecule has 12 heavy (non-hydrogen) atoms. The number of aromatic nitrogens is 3. The molecule has 1 aliphatic rings. The number of amidine groups is 1. The number of nitrogens with one attached hydrogen (secondary N) is 1. The Morgan fingerprint density at radius 3 is 3.17 bits per heavy atom. The Kier molecular flexibility index (Phi) is 1.77. The van der Waals surface area contributed by atoms with Crippen LogP contribution in [0.15, 0.2) is 11.3 Å². The topological polar surface area (TPSA) is 57.2 Å². The maximum absolute atomic E-state index is 4.31. The molecule has 2 heterocycles. The molecule has 5 heteroatoms. The van der Waals surface area contributed by atoms with Crippen LogP contribution in [-0.4, -0.2) is 39.5 Å². The number of nitrogens with zero attached hydrogens (tertiary/aromatic N) is 4. The van der Waals surface area contributed by atoms with Crippen molar-refractivity contribution in [2.24, 2.45) is 4.99 Å². The summed E-state index contributed by atoms with van der Waals surface area (Å²) in [5.74, 6) is 1.69. The Morgan fingerprint density at radius 1 is 1.67 bits per heavy atom. The van der Waals surface area contributed by atoms with Crippen LogP contribution >= 0.6 is 0 Å². The van der Waals surface area contributed by atoms with E-state index in [2.05, 4.69) is 25.1 Å². The minimum absolute atomic E-state index is 0.596. The maximum Gasteiger partial charge on any atom is 0.246 e. The average molecular weight is 165 g/mol. The Hall–Kier alpha value is -1.39. The van der Waals surface area contributed by atoms with Crippen LogP contribution in [0.5, 0.6) is 0 Å². The lowest BCUT2D eigenvalue weighted by atomic mass is 10.4. The van der Waals surface area contributed by atoms with Gasteiger partial charge in [-0.2, -0.15) is 15.1 Å². The maximum atomic E-state index is 4.31. The second kappa shape index (κ2) is 2.92. The summed E-state index contributed by atoms with van der Waals surface area (Å²) in [5, 5.41) is 6.44. The SMILES string of the molecule is CN1CCC/C1=N\c1ncn[nH]1. The predicted octanol–water partition coefficient (Wildman–Crippen LogP) is 0.560. The van der Waals surface area contributed by atoms with Crippen molar-refractivity contribution in [1.82, 2.24) is 20.1 Å². The molecule has 0 unspecified atom stereocenters. The summed E-state index contributed by atoms with van der Waals surface area (Å²) in [4.78, 5) is 10.4. The van der Waals surface area contributed by atoms with Crippen LogP contribution in [0.2, 0.25) is 0 Å². The summed E-state index contributed by atoms with van der Waals surface area (Å²) in [6.45, 7) is 1.09. The molecule has 0 radical (unpaired) electrons. The lowest BCUT2D eigenvalue weighted by molar-refractivity contribution is 0.549. The molecule has 1 saturated heterocycles. The predicted molar refractivity (Wildman–Crippen MR) is 45.3 cm³/mol. The quantitative estimate of drug-likeness (QED) is 0.661. The van der Waals surface area contributed by atoms with Crippen molar-refractivity contribution in [3.63, 3.8) is 0 Å². The third kappa shape index (κ3) is 1.30. The first-order valence-electron chi connectivity index (χ1n) is 4.00. The highest BCUT2D eigenvalue weighted by Gasteiger charge is 2.14. The number of aromatic amines is 1. The molecule has 5 nitrogen and oxygen atoms in total. The zero-order valence-electron chi connectivity index (χ0n) is 6.99. The molecule has 0 spiro atoms. The van der Waals surface area contributed by atoms with Gasteiger partial charge in [-0.3, -0.25) is 0 Å². The van der Waals surface area contributed by atoms with E-state index >= 15 is 0 Å². The smallest absolute Gasteiger partial charge is 0.246 e. The van der Waals surface area contributed by atoms with Crippen LogP contribution in [-0.2, 0) is 0 Å². The Morgan fingerprint density at radius 2 is 2.58 bits per heavy atom. The number of likely N-dealkylation sites (tertiary alicyclic amines) is 1. The molecule has 0 saturated carbocycles. The van der Waals surface area contributed by atoms with Gasteiger partial charge in [0.15, 0.2) is 0 Å². The van der Waals surface area contributed by atoms with Crippen molar-refractivity contribution in [1.29, 1.82) is 0 Å². The van der Waals surface area contributed by atoms with Gasteiger partial charge >= 0.3 is 0 Å². The van der Waals surface area contributed by atoms with Gasteiger partial charge in [0.2, 0.25) is 5.95 Å². The second-order valence-electron chi connectivity index (χ2n) is 2.86. The third-order valence-electron chi connectivity index (χ3n) is 1.97. The first-order chi connectivity index (χ1) is 5.86. The van der Waals surface area contributed by atoms with Crippen LogP contribution in [0.4, 0.5) is 5.95 Å². The van der Waals surface area contributed by atoms with Crippen molar-refractivity contribution in [3.05, 3.63) is 6.33 Å². The molecular formula is C7H11N5. The highest BCUT2D eigenvalue weighted by molar-refractivity contribution is 5.85. The molecule has 0 amide bonds. The first-order valence-corrected chi connectivity index (χ1v) is 4.00. The van der Waals surface area contributed by atoms with Gasteiger partial charge in [-0.1, -0.05) is 0 Å². The first kappa shape index (κ1) is 7.27. The van der Waals surface area contributed by atoms with Gasteiger partial charge in [-0.15, -0.1) is 0 Å². The average Bonchev–Trinajstić information content (AvgIpc) is 2.65. The summed E-state index contributed by atoms with van der Waals surface area (Å²) < 4.78 is 0. The fourth-order valence-electron chi connectivity index (χ4n) is 1.31. The van der Waals surface area contributed by atoms with E-state index in [0.29, 0.717) is 5.95 Å². The van der Waals surface area contributed by atoms with E-state index < -0.39 is 0 Å². The van der Waals surface area contributed by atoms with Gasteiger partial charge in [0.05, 0.1) is 0 Å². The van der Waals surface area contributed by atoms with E-state index in [1.807, 2.05) is 7.05 Å². The van der Waals surface area contributed by atoms with Gasteiger partial charge in [0.25, 0.3) is 0 Å². The molecule has 1 aromatic rings. The molecule has 1 aromatic heterocycles. The van der Waals surface area contributed by atoms with Gasteiger partial charge in [0.1, 0.15) is 12.2 Å². The summed E-state index contributed by atoms with van der Waals surface area (Å²) in [7, 11) is 2.04. The minimum atomic E-state index is 0.596. The molecule has 0 atom stereocenters. The Bertz CT molecular complexity index is 276. The number of H-pyrrole nitrogens is 1. The second-order valence-corrected chi connectivity index (χ2v) is 2.86. The van der Waals surface area contributed by atoms with E-state index in [9.17, 15) is 0 Å². The number of rotatable bonds is 1. The van der Waals surface area contributed by atoms with Crippen LogP contribution in [0.1, 0.15) is 12.8 Å². The van der Waals surface area contributed by atoms with Crippen molar-refractivity contribution in [2.45, 2.75) is 12.8 Å². The van der Waals surface area contributed by atoms with Gasteiger partial charge < -0.3 is 4.90 Å². The molecule has 1 fully saturated rings. The summed E-state index contributed by atoms with van der Waals surface area (Å²) in [5.41, 5.74) is 0. The monoisotopic (exact) mass is 165 g/mol. The molecule has 1 aliphatic heterocycles. The fraction of sp³-hybridized carbons (Fsp3) is 0.571. The van der Waals surface area contributed by atoms with Gasteiger partial charge in [0, 0.05) is 20.0 Å². The van der Waals surface area contributed by atoms with Crippen LogP contribution in [0, 0.1) is 0 Å². The van der Waals surface area contributed by atoms with Crippen LogP contribution < -0.4 is 0 Å². The largest absolute Gasteiger partial charge is 0.363 e. The van der Waals surface area contributed by atoms with E-state index in [4.69, 9.17) is 0 Å². The lowest BCUT2D eigenvalue weighted by Crippen LogP contribution is -2.18. The number of hydrogen-bond donors (Lipinski definition) is 1.